The van der Waals surface area contributed by atoms with Gasteiger partial charge in [-0.1, -0.05) is 66.7 Å². The van der Waals surface area contributed by atoms with Crippen molar-refractivity contribution in [3.8, 4) is 33.9 Å². The molecule has 1 aromatic heterocycles. The predicted octanol–water partition coefficient (Wildman–Crippen LogP) is 5.83. The fraction of sp³-hybridized carbons (Fsp3) is 0.0455. The summed E-state index contributed by atoms with van der Waals surface area (Å²) < 4.78 is 0. The van der Waals surface area contributed by atoms with Crippen LogP contribution >= 0.6 is 11.6 Å². The van der Waals surface area contributed by atoms with E-state index in [1.165, 1.54) is 0 Å². The molecule has 3 nitrogen and oxygen atoms in total. The average molecular weight is 358 g/mol. The van der Waals surface area contributed by atoms with E-state index < -0.39 is 0 Å². The van der Waals surface area contributed by atoms with E-state index in [1.807, 2.05) is 48.5 Å². The number of halogens is 1. The lowest BCUT2D eigenvalue weighted by Gasteiger charge is -2.09. The lowest BCUT2D eigenvalue weighted by Crippen LogP contribution is -1.97. The minimum Gasteiger partial charge on any atom is -0.208 e. The molecule has 0 bridgehead atoms. The Morgan fingerprint density at radius 2 is 1.12 bits per heavy atom. The van der Waals surface area contributed by atoms with E-state index in [4.69, 9.17) is 11.6 Å². The van der Waals surface area contributed by atoms with E-state index in [2.05, 4.69) is 52.2 Å². The van der Waals surface area contributed by atoms with E-state index in [9.17, 15) is 0 Å². The summed E-state index contributed by atoms with van der Waals surface area (Å²) in [5, 5.41) is 0.191. The van der Waals surface area contributed by atoms with Crippen molar-refractivity contribution in [1.82, 2.24) is 15.0 Å². The Bertz CT molecular complexity index is 960. The number of hydrogen-bond donors (Lipinski definition) is 0. The summed E-state index contributed by atoms with van der Waals surface area (Å²) in [4.78, 5) is 13.3. The van der Waals surface area contributed by atoms with Gasteiger partial charge in [0, 0.05) is 11.1 Å². The predicted molar refractivity (Wildman–Crippen MR) is 106 cm³/mol. The maximum atomic E-state index is 6.18. The van der Waals surface area contributed by atoms with E-state index in [1.54, 1.807) is 0 Å². The number of nitrogens with zero attached hydrogens (tertiary/aromatic N) is 3. The fourth-order valence-corrected chi connectivity index (χ4v) is 3.07. The molecule has 3 aromatic carbocycles. The van der Waals surface area contributed by atoms with E-state index in [-0.39, 0.29) is 5.28 Å². The van der Waals surface area contributed by atoms with Crippen LogP contribution in [-0.2, 0) is 0 Å². The highest BCUT2D eigenvalue weighted by atomic mass is 35.5. The van der Waals surface area contributed by atoms with Gasteiger partial charge in [-0.15, -0.1) is 0 Å². The molecule has 0 amide bonds. The summed E-state index contributed by atoms with van der Waals surface area (Å²) in [6.45, 7) is 2.07. The van der Waals surface area contributed by atoms with Crippen molar-refractivity contribution >= 4 is 11.6 Å². The first kappa shape index (κ1) is 16.4. The Labute approximate surface area is 157 Å². The van der Waals surface area contributed by atoms with Crippen molar-refractivity contribution in [2.45, 2.75) is 6.92 Å². The molecule has 4 aromatic rings. The second-order valence-corrected chi connectivity index (χ2v) is 6.41. The molecular formula is C22H16ClN3. The average Bonchev–Trinajstić information content (AvgIpc) is 2.68. The summed E-state index contributed by atoms with van der Waals surface area (Å²) in [6, 6.07) is 26.3. The zero-order valence-corrected chi connectivity index (χ0v) is 15.0. The van der Waals surface area contributed by atoms with Crippen molar-refractivity contribution in [2.24, 2.45) is 0 Å². The van der Waals surface area contributed by atoms with E-state index in [0.29, 0.717) is 11.6 Å². The smallest absolute Gasteiger partial charge is 0.208 e. The van der Waals surface area contributed by atoms with Crippen LogP contribution in [0.15, 0.2) is 78.9 Å². The van der Waals surface area contributed by atoms with Crippen LogP contribution in [0, 0.1) is 6.92 Å². The molecule has 126 valence electrons. The Morgan fingerprint density at radius 3 is 1.77 bits per heavy atom. The minimum atomic E-state index is 0.191. The molecule has 26 heavy (non-hydrogen) atoms. The third kappa shape index (κ3) is 3.48. The monoisotopic (exact) mass is 357 g/mol. The Kier molecular flexibility index (Phi) is 4.46. The quantitative estimate of drug-likeness (QED) is 0.462. The molecule has 0 saturated heterocycles. The summed E-state index contributed by atoms with van der Waals surface area (Å²) in [7, 11) is 0. The van der Waals surface area contributed by atoms with Crippen molar-refractivity contribution in [2.75, 3.05) is 0 Å². The van der Waals surface area contributed by atoms with Gasteiger partial charge in [0.25, 0.3) is 0 Å². The Balaban J connectivity index is 1.83. The molecule has 0 radical (unpaired) electrons. The summed E-state index contributed by atoms with van der Waals surface area (Å²) >= 11 is 6.18. The van der Waals surface area contributed by atoms with Crippen LogP contribution in [-0.4, -0.2) is 15.0 Å². The van der Waals surface area contributed by atoms with Crippen LogP contribution < -0.4 is 0 Å². The molecule has 0 N–H and O–H groups in total. The summed E-state index contributed by atoms with van der Waals surface area (Å²) in [6.07, 6.45) is 0. The number of hydrogen-bond acceptors (Lipinski definition) is 3. The molecule has 4 heteroatoms. The molecular weight excluding hydrogens is 342 g/mol. The van der Waals surface area contributed by atoms with Gasteiger partial charge in [-0.05, 0) is 47.3 Å². The third-order valence-electron chi connectivity index (χ3n) is 4.08. The number of rotatable bonds is 3. The second kappa shape index (κ2) is 7.06. The number of benzene rings is 3. The van der Waals surface area contributed by atoms with Gasteiger partial charge in [-0.25, -0.2) is 4.98 Å². The summed E-state index contributed by atoms with van der Waals surface area (Å²) in [5.74, 6) is 1.15. The summed E-state index contributed by atoms with van der Waals surface area (Å²) in [5.41, 5.74) is 5.25. The highest BCUT2D eigenvalue weighted by Gasteiger charge is 2.11. The maximum absolute atomic E-state index is 6.18. The lowest BCUT2D eigenvalue weighted by atomic mass is 10.00. The first-order valence-corrected chi connectivity index (χ1v) is 8.71. The number of aromatic nitrogens is 3. The van der Waals surface area contributed by atoms with Crippen molar-refractivity contribution < 1.29 is 0 Å². The van der Waals surface area contributed by atoms with Gasteiger partial charge in [-0.2, -0.15) is 9.97 Å². The van der Waals surface area contributed by atoms with Gasteiger partial charge in [-0.3, -0.25) is 0 Å². The molecule has 4 rings (SSSR count). The van der Waals surface area contributed by atoms with Crippen molar-refractivity contribution in [3.05, 3.63) is 89.7 Å². The largest absolute Gasteiger partial charge is 0.226 e. The molecule has 0 aliphatic rings. The Morgan fingerprint density at radius 1 is 0.577 bits per heavy atom. The highest BCUT2D eigenvalue weighted by Crippen LogP contribution is 2.28. The fourth-order valence-electron chi connectivity index (χ4n) is 2.90. The first-order valence-electron chi connectivity index (χ1n) is 8.33. The van der Waals surface area contributed by atoms with Gasteiger partial charge < -0.3 is 0 Å². The number of aryl methyl sites for hydroxylation is 1. The zero-order chi connectivity index (χ0) is 17.9. The molecule has 0 spiro atoms. The Hall–Kier alpha value is -3.04. The van der Waals surface area contributed by atoms with Crippen molar-refractivity contribution in [1.29, 1.82) is 0 Å². The molecule has 0 saturated carbocycles. The van der Waals surface area contributed by atoms with Gasteiger partial charge in [0.15, 0.2) is 11.6 Å². The molecule has 0 unspecified atom stereocenters. The highest BCUT2D eigenvalue weighted by molar-refractivity contribution is 6.28. The molecule has 1 heterocycles. The van der Waals surface area contributed by atoms with Gasteiger partial charge in [0.1, 0.15) is 0 Å². The minimum absolute atomic E-state index is 0.191. The SMILES string of the molecule is Cc1cc(-c2ccccc2)cc(-c2nc(Cl)nc(-c3ccccc3)n2)c1. The van der Waals surface area contributed by atoms with Crippen LogP contribution in [0.4, 0.5) is 0 Å². The van der Waals surface area contributed by atoms with Crippen LogP contribution in [0.3, 0.4) is 0 Å². The molecule has 0 aliphatic heterocycles. The van der Waals surface area contributed by atoms with Crippen LogP contribution in [0.2, 0.25) is 5.28 Å². The maximum Gasteiger partial charge on any atom is 0.226 e. The third-order valence-corrected chi connectivity index (χ3v) is 4.25. The molecule has 0 atom stereocenters. The van der Waals surface area contributed by atoms with Gasteiger partial charge in [0.2, 0.25) is 5.28 Å². The standard InChI is InChI=1S/C22H16ClN3/c1-15-12-18(16-8-4-2-5-9-16)14-19(13-15)21-24-20(25-22(23)26-21)17-10-6-3-7-11-17/h2-14H,1H3. The second-order valence-electron chi connectivity index (χ2n) is 6.07. The van der Waals surface area contributed by atoms with E-state index in [0.717, 1.165) is 27.8 Å². The van der Waals surface area contributed by atoms with Gasteiger partial charge >= 0.3 is 0 Å². The topological polar surface area (TPSA) is 38.7 Å². The lowest BCUT2D eigenvalue weighted by molar-refractivity contribution is 1.06. The first-order chi connectivity index (χ1) is 12.7. The normalized spacial score (nSPS) is 10.7. The zero-order valence-electron chi connectivity index (χ0n) is 14.2. The van der Waals surface area contributed by atoms with Crippen LogP contribution in [0.25, 0.3) is 33.9 Å². The van der Waals surface area contributed by atoms with Crippen LogP contribution in [0.5, 0.6) is 0 Å². The van der Waals surface area contributed by atoms with Gasteiger partial charge in [0.05, 0.1) is 0 Å². The molecule has 0 fully saturated rings. The van der Waals surface area contributed by atoms with Crippen molar-refractivity contribution in [3.63, 3.8) is 0 Å². The van der Waals surface area contributed by atoms with Crippen LogP contribution in [0.1, 0.15) is 5.56 Å². The van der Waals surface area contributed by atoms with E-state index >= 15 is 0 Å². The molecule has 0 aliphatic carbocycles.